The van der Waals surface area contributed by atoms with Gasteiger partial charge in [0.25, 0.3) is 5.91 Å². The number of thiophene rings is 1. The predicted octanol–water partition coefficient (Wildman–Crippen LogP) is 3.78. The van der Waals surface area contributed by atoms with Crippen LogP contribution in [0.1, 0.15) is 22.5 Å². The second-order valence-corrected chi connectivity index (χ2v) is 6.63. The van der Waals surface area contributed by atoms with Crippen LogP contribution in [0.25, 0.3) is 0 Å². The third-order valence-corrected chi connectivity index (χ3v) is 4.83. The molecule has 4 nitrogen and oxygen atoms in total. The van der Waals surface area contributed by atoms with Crippen LogP contribution in [0.4, 0.5) is 10.1 Å². The van der Waals surface area contributed by atoms with Gasteiger partial charge in [0, 0.05) is 11.6 Å². The first kappa shape index (κ1) is 16.0. The zero-order valence-electron chi connectivity index (χ0n) is 12.1. The van der Waals surface area contributed by atoms with Crippen LogP contribution in [0, 0.1) is 5.82 Å². The maximum atomic E-state index is 13.7. The van der Waals surface area contributed by atoms with Gasteiger partial charge >= 0.3 is 0 Å². The predicted molar refractivity (Wildman–Crippen MR) is 88.4 cm³/mol. The van der Waals surface area contributed by atoms with Gasteiger partial charge in [-0.05, 0) is 42.5 Å². The maximum Gasteiger partial charge on any atom is 0.264 e. The molecule has 2 aromatic rings. The Hall–Kier alpha value is -1.92. The van der Waals surface area contributed by atoms with Gasteiger partial charge in [-0.3, -0.25) is 9.59 Å². The molecule has 0 radical (unpaired) electrons. The summed E-state index contributed by atoms with van der Waals surface area (Å²) in [6.07, 6.45) is 1.30. The molecule has 1 unspecified atom stereocenters. The average molecular weight is 353 g/mol. The number of nitrogens with one attached hydrogen (secondary N) is 1. The van der Waals surface area contributed by atoms with Crippen molar-refractivity contribution in [2.24, 2.45) is 0 Å². The molecule has 1 atom stereocenters. The van der Waals surface area contributed by atoms with Crippen LogP contribution >= 0.6 is 22.9 Å². The molecule has 3 rings (SSSR count). The van der Waals surface area contributed by atoms with Gasteiger partial charge in [-0.1, -0.05) is 17.7 Å². The van der Waals surface area contributed by atoms with E-state index in [1.165, 1.54) is 29.5 Å². The fraction of sp³-hybridized carbons (Fsp3) is 0.250. The SMILES string of the molecule is O=C(Nc1cc(Cl)ccc1F)C1CCCN1C(=O)c1cccs1. The zero-order valence-corrected chi connectivity index (χ0v) is 13.7. The Labute approximate surface area is 141 Å². The summed E-state index contributed by atoms with van der Waals surface area (Å²) in [5.74, 6) is -1.12. The summed E-state index contributed by atoms with van der Waals surface area (Å²) >= 11 is 7.17. The molecular formula is C16H14ClFN2O2S. The maximum absolute atomic E-state index is 13.7. The number of likely N-dealkylation sites (tertiary alicyclic amines) is 1. The Kier molecular flexibility index (Phi) is 4.63. The van der Waals surface area contributed by atoms with E-state index in [1.807, 2.05) is 5.38 Å². The first-order valence-corrected chi connectivity index (χ1v) is 8.42. The Morgan fingerprint density at radius 1 is 1.35 bits per heavy atom. The molecule has 1 aliphatic heterocycles. The number of nitrogens with zero attached hydrogens (tertiary/aromatic N) is 1. The summed E-state index contributed by atoms with van der Waals surface area (Å²) < 4.78 is 13.7. The van der Waals surface area contributed by atoms with Crippen molar-refractivity contribution in [1.29, 1.82) is 0 Å². The fourth-order valence-corrected chi connectivity index (χ4v) is 3.48. The molecule has 1 aromatic carbocycles. The summed E-state index contributed by atoms with van der Waals surface area (Å²) in [6, 6.07) is 6.90. The van der Waals surface area contributed by atoms with Crippen molar-refractivity contribution in [3.63, 3.8) is 0 Å². The second kappa shape index (κ2) is 6.68. The van der Waals surface area contributed by atoms with E-state index in [0.717, 1.165) is 6.42 Å². The van der Waals surface area contributed by atoms with E-state index in [0.29, 0.717) is 22.9 Å². The lowest BCUT2D eigenvalue weighted by atomic mass is 10.2. The van der Waals surface area contributed by atoms with Crippen molar-refractivity contribution in [2.75, 3.05) is 11.9 Å². The van der Waals surface area contributed by atoms with E-state index in [-0.39, 0.29) is 11.6 Å². The molecule has 1 saturated heterocycles. The van der Waals surface area contributed by atoms with E-state index in [1.54, 1.807) is 17.0 Å². The minimum Gasteiger partial charge on any atom is -0.326 e. The first-order valence-electron chi connectivity index (χ1n) is 7.16. The van der Waals surface area contributed by atoms with E-state index < -0.39 is 17.8 Å². The number of benzene rings is 1. The van der Waals surface area contributed by atoms with Gasteiger partial charge in [0.1, 0.15) is 11.9 Å². The van der Waals surface area contributed by atoms with E-state index in [2.05, 4.69) is 5.32 Å². The van der Waals surface area contributed by atoms with E-state index >= 15 is 0 Å². The van der Waals surface area contributed by atoms with Gasteiger partial charge in [0.15, 0.2) is 0 Å². The Balaban J connectivity index is 1.76. The van der Waals surface area contributed by atoms with Crippen molar-refractivity contribution in [1.82, 2.24) is 4.90 Å². The summed E-state index contributed by atoms with van der Waals surface area (Å²) in [7, 11) is 0. The Morgan fingerprint density at radius 3 is 2.91 bits per heavy atom. The Morgan fingerprint density at radius 2 is 2.17 bits per heavy atom. The highest BCUT2D eigenvalue weighted by atomic mass is 35.5. The lowest BCUT2D eigenvalue weighted by Crippen LogP contribution is -2.43. The van der Waals surface area contributed by atoms with Gasteiger partial charge in [0.2, 0.25) is 5.91 Å². The minimum absolute atomic E-state index is 0.0259. The van der Waals surface area contributed by atoms with Crippen LogP contribution in [0.3, 0.4) is 0 Å². The fourth-order valence-electron chi connectivity index (χ4n) is 2.63. The van der Waals surface area contributed by atoms with Crippen LogP contribution in [0.15, 0.2) is 35.7 Å². The lowest BCUT2D eigenvalue weighted by Gasteiger charge is -2.23. The molecule has 2 amide bonds. The van der Waals surface area contributed by atoms with Crippen LogP contribution in [-0.4, -0.2) is 29.3 Å². The molecule has 7 heteroatoms. The standard InChI is InChI=1S/C16H14ClFN2O2S/c17-10-5-6-11(18)12(9-10)19-15(21)13-3-1-7-20(13)16(22)14-4-2-8-23-14/h2,4-6,8-9,13H,1,3,7H2,(H,19,21). The smallest absolute Gasteiger partial charge is 0.264 e. The largest absolute Gasteiger partial charge is 0.326 e. The number of hydrogen-bond donors (Lipinski definition) is 1. The number of rotatable bonds is 3. The zero-order chi connectivity index (χ0) is 16.4. The summed E-state index contributed by atoms with van der Waals surface area (Å²) in [5.41, 5.74) is 0.0259. The molecule has 1 N–H and O–H groups in total. The summed E-state index contributed by atoms with van der Waals surface area (Å²) in [5, 5.41) is 4.69. The summed E-state index contributed by atoms with van der Waals surface area (Å²) in [6.45, 7) is 0.521. The molecule has 120 valence electrons. The third kappa shape index (κ3) is 3.38. The topological polar surface area (TPSA) is 49.4 Å². The molecule has 1 aromatic heterocycles. The number of carbonyl (C=O) groups excluding carboxylic acids is 2. The van der Waals surface area contributed by atoms with Crippen LogP contribution in [0.2, 0.25) is 5.02 Å². The quantitative estimate of drug-likeness (QED) is 0.913. The van der Waals surface area contributed by atoms with Gasteiger partial charge in [0.05, 0.1) is 10.6 Å². The molecule has 0 aliphatic carbocycles. The van der Waals surface area contributed by atoms with Crippen LogP contribution in [-0.2, 0) is 4.79 Å². The van der Waals surface area contributed by atoms with Gasteiger partial charge in [-0.2, -0.15) is 0 Å². The number of hydrogen-bond acceptors (Lipinski definition) is 3. The van der Waals surface area contributed by atoms with Crippen molar-refractivity contribution in [2.45, 2.75) is 18.9 Å². The van der Waals surface area contributed by atoms with E-state index in [9.17, 15) is 14.0 Å². The Bertz CT molecular complexity index is 736. The van der Waals surface area contributed by atoms with E-state index in [4.69, 9.17) is 11.6 Å². The van der Waals surface area contributed by atoms with Crippen molar-refractivity contribution >= 4 is 40.4 Å². The highest BCUT2D eigenvalue weighted by Gasteiger charge is 2.35. The number of carbonyl (C=O) groups is 2. The monoisotopic (exact) mass is 352 g/mol. The number of amides is 2. The highest BCUT2D eigenvalue weighted by Crippen LogP contribution is 2.25. The van der Waals surface area contributed by atoms with Crippen molar-refractivity contribution in [3.8, 4) is 0 Å². The molecule has 23 heavy (non-hydrogen) atoms. The normalized spacial score (nSPS) is 17.3. The van der Waals surface area contributed by atoms with Crippen molar-refractivity contribution < 1.29 is 14.0 Å². The summed E-state index contributed by atoms with van der Waals surface area (Å²) in [4.78, 5) is 27.1. The van der Waals surface area contributed by atoms with Gasteiger partial charge < -0.3 is 10.2 Å². The number of anilines is 1. The molecule has 1 aliphatic rings. The van der Waals surface area contributed by atoms with Crippen molar-refractivity contribution in [3.05, 3.63) is 51.4 Å². The van der Waals surface area contributed by atoms with Crippen LogP contribution in [0.5, 0.6) is 0 Å². The third-order valence-electron chi connectivity index (χ3n) is 3.73. The molecular weight excluding hydrogens is 339 g/mol. The number of halogens is 2. The lowest BCUT2D eigenvalue weighted by molar-refractivity contribution is -0.119. The molecule has 1 fully saturated rings. The molecule has 0 saturated carbocycles. The molecule has 0 spiro atoms. The highest BCUT2D eigenvalue weighted by molar-refractivity contribution is 7.12. The van der Waals surface area contributed by atoms with Crippen LogP contribution < -0.4 is 5.32 Å². The van der Waals surface area contributed by atoms with Gasteiger partial charge in [-0.25, -0.2) is 4.39 Å². The minimum atomic E-state index is -0.594. The van der Waals surface area contributed by atoms with Gasteiger partial charge in [-0.15, -0.1) is 11.3 Å². The molecule has 0 bridgehead atoms. The molecule has 2 heterocycles. The first-order chi connectivity index (χ1) is 11.1. The second-order valence-electron chi connectivity index (χ2n) is 5.25. The average Bonchev–Trinajstić information content (AvgIpc) is 3.20.